The van der Waals surface area contributed by atoms with Crippen LogP contribution in [0.4, 0.5) is 0 Å². The zero-order chi connectivity index (χ0) is 44.8. The molecule has 2 atom stereocenters. The molecule has 0 aliphatic carbocycles. The molecule has 0 heterocycles. The minimum Gasteiger partial charge on any atom is -0.462 e. The van der Waals surface area contributed by atoms with E-state index in [-0.39, 0.29) is 26.1 Å². The van der Waals surface area contributed by atoms with E-state index < -0.39 is 32.5 Å². The minimum absolute atomic E-state index is 0.00113. The number of esters is 2. The quantitative estimate of drug-likeness (QED) is 0.0277. The second-order valence-electron chi connectivity index (χ2n) is 16.6. The fourth-order valence-electron chi connectivity index (χ4n) is 6.56. The lowest BCUT2D eigenvalue weighted by atomic mass is 10.0. The van der Waals surface area contributed by atoms with E-state index >= 15 is 0 Å². The average molecular weight is 878 g/mol. The van der Waals surface area contributed by atoms with Crippen molar-refractivity contribution in [1.82, 2.24) is 4.90 Å². The van der Waals surface area contributed by atoms with E-state index in [4.69, 9.17) is 18.5 Å². The van der Waals surface area contributed by atoms with Crippen molar-refractivity contribution in [2.24, 2.45) is 0 Å². The highest BCUT2D eigenvalue weighted by Crippen LogP contribution is 2.43. The minimum atomic E-state index is -4.37. The van der Waals surface area contributed by atoms with Gasteiger partial charge >= 0.3 is 19.8 Å². The van der Waals surface area contributed by atoms with Crippen LogP contribution in [0.1, 0.15) is 206 Å². The molecule has 9 nitrogen and oxygen atoms in total. The molecule has 0 bridgehead atoms. The first kappa shape index (κ1) is 58.7. The number of ether oxygens (including phenoxy) is 2. The Morgan fingerprint density at radius 3 is 1.41 bits per heavy atom. The third-order valence-electron chi connectivity index (χ3n) is 10.3. The molecule has 0 aromatic heterocycles. The van der Waals surface area contributed by atoms with Crippen LogP contribution < -0.4 is 0 Å². The fourth-order valence-corrected chi connectivity index (χ4v) is 7.30. The van der Waals surface area contributed by atoms with E-state index in [1.54, 1.807) is 0 Å². The number of phosphoric acid groups is 1. The summed E-state index contributed by atoms with van der Waals surface area (Å²) in [5.41, 5.74) is 0. The number of nitrogens with zero attached hydrogens (tertiary/aromatic N) is 1. The van der Waals surface area contributed by atoms with Crippen molar-refractivity contribution in [2.75, 3.05) is 40.5 Å². The van der Waals surface area contributed by atoms with Gasteiger partial charge in [-0.1, -0.05) is 177 Å². The van der Waals surface area contributed by atoms with Gasteiger partial charge in [0, 0.05) is 19.4 Å². The van der Waals surface area contributed by atoms with Gasteiger partial charge in [0.1, 0.15) is 6.61 Å². The number of hydrogen-bond acceptors (Lipinski definition) is 8. The van der Waals surface area contributed by atoms with Crippen molar-refractivity contribution >= 4 is 19.8 Å². The first-order valence-corrected chi connectivity index (χ1v) is 26.1. The second-order valence-corrected chi connectivity index (χ2v) is 18.1. The Bertz CT molecular complexity index is 1200. The molecule has 0 saturated carbocycles. The van der Waals surface area contributed by atoms with E-state index in [9.17, 15) is 19.0 Å². The summed E-state index contributed by atoms with van der Waals surface area (Å²) in [4.78, 5) is 37.2. The molecule has 61 heavy (non-hydrogen) atoms. The van der Waals surface area contributed by atoms with Crippen molar-refractivity contribution in [3.05, 3.63) is 60.8 Å². The van der Waals surface area contributed by atoms with E-state index in [0.717, 1.165) is 70.6 Å². The highest BCUT2D eigenvalue weighted by Gasteiger charge is 2.26. The number of phosphoric ester groups is 1. The zero-order valence-electron chi connectivity index (χ0n) is 39.6. The highest BCUT2D eigenvalue weighted by molar-refractivity contribution is 7.47. The summed E-state index contributed by atoms with van der Waals surface area (Å²) in [5.74, 6) is -0.830. The van der Waals surface area contributed by atoms with Crippen LogP contribution in [0, 0.1) is 0 Å². The highest BCUT2D eigenvalue weighted by atomic mass is 31.2. The number of carbonyl (C=O) groups excluding carboxylic acids is 2. The molecule has 0 aliphatic heterocycles. The van der Waals surface area contributed by atoms with E-state index in [1.807, 2.05) is 19.0 Å². The molecule has 0 fully saturated rings. The Balaban J connectivity index is 4.24. The lowest BCUT2D eigenvalue weighted by molar-refractivity contribution is -0.161. The molecule has 0 spiro atoms. The summed E-state index contributed by atoms with van der Waals surface area (Å²) in [6.07, 6.45) is 54.1. The first-order chi connectivity index (χ1) is 29.7. The standard InChI is InChI=1S/C51H92NO8P/c1-5-7-9-11-13-15-17-19-21-23-24-25-26-28-30-32-34-36-38-40-42-44-51(54)60-49(48-59-61(55,56)58-46-45-52(3)4)47-57-50(53)43-41-39-37-35-33-31-29-27-22-20-18-16-14-12-10-8-6-2/h8,10,14,16,19-22,29,31,49H,5-7,9,11-13,15,17-18,23-28,30,32-48H2,1-4H3,(H,55,56)/b10-8-,16-14-,21-19-,22-20-,31-29-. The van der Waals surface area contributed by atoms with Gasteiger partial charge in [0.25, 0.3) is 0 Å². The summed E-state index contributed by atoms with van der Waals surface area (Å²) < 4.78 is 33.6. The SMILES string of the molecule is CC/C=C\C/C=C\C/C=C\C/C=C\CCCCCCC(=O)OCC(COP(=O)(O)OCCN(C)C)OC(=O)CCCCCCCCCCCCC/C=C\CCCCCCCC. The summed E-state index contributed by atoms with van der Waals surface area (Å²) in [7, 11) is -0.728. The summed E-state index contributed by atoms with van der Waals surface area (Å²) in [6.45, 7) is 4.19. The van der Waals surface area contributed by atoms with Gasteiger partial charge in [0.2, 0.25) is 0 Å². The number of allylic oxidation sites excluding steroid dienone is 10. The van der Waals surface area contributed by atoms with E-state index in [0.29, 0.717) is 19.4 Å². The van der Waals surface area contributed by atoms with Crippen molar-refractivity contribution in [1.29, 1.82) is 0 Å². The van der Waals surface area contributed by atoms with Gasteiger partial charge in [-0.3, -0.25) is 18.6 Å². The van der Waals surface area contributed by atoms with Crippen LogP contribution >= 0.6 is 7.82 Å². The van der Waals surface area contributed by atoms with Crippen molar-refractivity contribution in [3.8, 4) is 0 Å². The largest absolute Gasteiger partial charge is 0.472 e. The topological polar surface area (TPSA) is 112 Å². The Morgan fingerprint density at radius 2 is 0.934 bits per heavy atom. The number of hydrogen-bond donors (Lipinski definition) is 1. The third-order valence-corrected chi connectivity index (χ3v) is 11.3. The van der Waals surface area contributed by atoms with Crippen LogP contribution in [0.2, 0.25) is 0 Å². The second kappa shape index (κ2) is 45.7. The smallest absolute Gasteiger partial charge is 0.462 e. The number of carbonyl (C=O) groups is 2. The van der Waals surface area contributed by atoms with Crippen molar-refractivity contribution in [2.45, 2.75) is 213 Å². The molecular formula is C51H92NO8P. The lowest BCUT2D eigenvalue weighted by Gasteiger charge is -2.20. The zero-order valence-corrected chi connectivity index (χ0v) is 40.5. The Morgan fingerprint density at radius 1 is 0.525 bits per heavy atom. The summed E-state index contributed by atoms with van der Waals surface area (Å²) in [6, 6.07) is 0. The molecule has 0 saturated heterocycles. The van der Waals surface area contributed by atoms with Crippen molar-refractivity contribution < 1.29 is 37.6 Å². The molecule has 0 rings (SSSR count). The molecule has 0 aromatic carbocycles. The molecule has 0 radical (unpaired) electrons. The molecule has 1 N–H and O–H groups in total. The molecule has 0 amide bonds. The predicted molar refractivity (Wildman–Crippen MR) is 257 cm³/mol. The molecule has 354 valence electrons. The Hall–Kier alpha value is -2.29. The van der Waals surface area contributed by atoms with Crippen LogP contribution in [0.25, 0.3) is 0 Å². The van der Waals surface area contributed by atoms with Gasteiger partial charge in [-0.15, -0.1) is 0 Å². The maximum absolute atomic E-state index is 12.7. The maximum Gasteiger partial charge on any atom is 0.472 e. The van der Waals surface area contributed by atoms with Crippen LogP contribution in [-0.4, -0.2) is 68.3 Å². The van der Waals surface area contributed by atoms with Gasteiger partial charge in [-0.2, -0.15) is 0 Å². The van der Waals surface area contributed by atoms with Crippen LogP contribution in [0.3, 0.4) is 0 Å². The third kappa shape index (κ3) is 47.0. The van der Waals surface area contributed by atoms with E-state index in [1.165, 1.54) is 96.3 Å². The molecule has 0 aromatic rings. The molecule has 2 unspecified atom stereocenters. The maximum atomic E-state index is 12.7. The monoisotopic (exact) mass is 878 g/mol. The lowest BCUT2D eigenvalue weighted by Crippen LogP contribution is -2.29. The normalized spacial score (nSPS) is 13.8. The molecule has 0 aliphatic rings. The summed E-state index contributed by atoms with van der Waals surface area (Å²) in [5, 5.41) is 0. The average Bonchev–Trinajstić information content (AvgIpc) is 3.23. The van der Waals surface area contributed by atoms with Crippen LogP contribution in [0.15, 0.2) is 60.8 Å². The van der Waals surface area contributed by atoms with Gasteiger partial charge in [0.05, 0.1) is 13.2 Å². The van der Waals surface area contributed by atoms with Gasteiger partial charge in [-0.05, 0) is 91.1 Å². The Kier molecular flexibility index (Phi) is 44.0. The Labute approximate surface area is 374 Å². The van der Waals surface area contributed by atoms with E-state index in [2.05, 4.69) is 74.6 Å². The van der Waals surface area contributed by atoms with Crippen LogP contribution in [0.5, 0.6) is 0 Å². The van der Waals surface area contributed by atoms with Gasteiger partial charge in [0.15, 0.2) is 6.10 Å². The van der Waals surface area contributed by atoms with Crippen molar-refractivity contribution in [3.63, 3.8) is 0 Å². The number of unbranched alkanes of at least 4 members (excludes halogenated alkanes) is 21. The molecule has 10 heteroatoms. The molecular weight excluding hydrogens is 786 g/mol. The number of likely N-dealkylation sites (N-methyl/N-ethyl adjacent to an activating group) is 1. The summed E-state index contributed by atoms with van der Waals surface area (Å²) >= 11 is 0. The predicted octanol–water partition coefficient (Wildman–Crippen LogP) is 14.7. The van der Waals surface area contributed by atoms with Gasteiger partial charge < -0.3 is 19.3 Å². The number of rotatable bonds is 45. The van der Waals surface area contributed by atoms with Gasteiger partial charge in [-0.25, -0.2) is 4.57 Å². The van der Waals surface area contributed by atoms with Crippen LogP contribution in [-0.2, 0) is 32.7 Å². The first-order valence-electron chi connectivity index (χ1n) is 24.6. The fraction of sp³-hybridized carbons (Fsp3) is 0.765.